The van der Waals surface area contributed by atoms with Crippen LogP contribution in [0.2, 0.25) is 18.1 Å². The standard InChI is InChI=1S/C23H38F2Si/c1-4-6-7-8-9-12-26-13-10-19(11-14-26)20-16-22(24)21(23(25)17-20)15-18(3)5-2/h16-19,26H,4-15H2,1-3H3/t18-,19-,26-/m1/s1. The first-order valence-corrected chi connectivity index (χ1v) is 13.5. The van der Waals surface area contributed by atoms with E-state index in [0.717, 1.165) is 24.8 Å². The predicted molar refractivity (Wildman–Crippen MR) is 112 cm³/mol. The van der Waals surface area contributed by atoms with Crippen molar-refractivity contribution in [2.75, 3.05) is 0 Å². The third kappa shape index (κ3) is 6.47. The second-order valence-electron chi connectivity index (χ2n) is 8.60. The van der Waals surface area contributed by atoms with Crippen LogP contribution in [0.1, 0.15) is 89.2 Å². The van der Waals surface area contributed by atoms with Gasteiger partial charge in [-0.25, -0.2) is 8.78 Å². The molecule has 1 saturated heterocycles. The first-order valence-electron chi connectivity index (χ1n) is 11.0. The van der Waals surface area contributed by atoms with Gasteiger partial charge in [0.15, 0.2) is 0 Å². The SMILES string of the molecule is CCCCCCC[Si@H]1CC[C@H](c2cc(F)c(C[C@H](C)CC)c(F)c2)CC1. The topological polar surface area (TPSA) is 0 Å². The largest absolute Gasteiger partial charge is 0.207 e. The van der Waals surface area contributed by atoms with Crippen molar-refractivity contribution in [2.45, 2.75) is 103 Å². The fraction of sp³-hybridized carbons (Fsp3) is 0.739. The monoisotopic (exact) mass is 380 g/mol. The molecular weight excluding hydrogens is 342 g/mol. The van der Waals surface area contributed by atoms with Crippen LogP contribution in [0.4, 0.5) is 8.78 Å². The molecule has 0 aliphatic carbocycles. The molecule has 148 valence electrons. The van der Waals surface area contributed by atoms with E-state index in [-0.39, 0.29) is 11.6 Å². The van der Waals surface area contributed by atoms with Gasteiger partial charge in [0.05, 0.1) is 0 Å². The molecule has 0 bridgehead atoms. The van der Waals surface area contributed by atoms with E-state index in [1.54, 1.807) is 12.1 Å². The maximum Gasteiger partial charge on any atom is 0.129 e. The number of unbranched alkanes of at least 4 members (excludes halogenated alkanes) is 4. The highest BCUT2D eigenvalue weighted by Gasteiger charge is 2.25. The van der Waals surface area contributed by atoms with Gasteiger partial charge in [-0.05, 0) is 48.8 Å². The number of hydrogen-bond donors (Lipinski definition) is 0. The van der Waals surface area contributed by atoms with Gasteiger partial charge >= 0.3 is 0 Å². The Hall–Kier alpha value is -0.703. The minimum atomic E-state index is -0.586. The van der Waals surface area contributed by atoms with E-state index in [9.17, 15) is 8.78 Å². The summed E-state index contributed by atoms with van der Waals surface area (Å²) in [6.45, 7) is 6.39. The van der Waals surface area contributed by atoms with Gasteiger partial charge in [0.2, 0.25) is 0 Å². The van der Waals surface area contributed by atoms with Crippen LogP contribution < -0.4 is 0 Å². The molecule has 2 rings (SSSR count). The van der Waals surface area contributed by atoms with Crippen LogP contribution in [0.3, 0.4) is 0 Å². The first-order chi connectivity index (χ1) is 12.5. The quantitative estimate of drug-likeness (QED) is 0.289. The molecule has 0 N–H and O–H groups in total. The lowest BCUT2D eigenvalue weighted by atomic mass is 9.90. The molecule has 0 radical (unpaired) electrons. The molecule has 1 aromatic rings. The van der Waals surface area contributed by atoms with E-state index < -0.39 is 8.80 Å². The van der Waals surface area contributed by atoms with Crippen molar-refractivity contribution in [3.8, 4) is 0 Å². The molecular formula is C23H38F2Si. The van der Waals surface area contributed by atoms with Gasteiger partial charge in [-0.3, -0.25) is 0 Å². The molecule has 26 heavy (non-hydrogen) atoms. The van der Waals surface area contributed by atoms with Crippen molar-refractivity contribution in [1.82, 2.24) is 0 Å². The maximum atomic E-state index is 14.5. The summed E-state index contributed by atoms with van der Waals surface area (Å²) >= 11 is 0. The Bertz CT molecular complexity index is 512. The summed E-state index contributed by atoms with van der Waals surface area (Å²) in [5.41, 5.74) is 1.20. The Labute approximate surface area is 161 Å². The van der Waals surface area contributed by atoms with Crippen LogP contribution >= 0.6 is 0 Å². The van der Waals surface area contributed by atoms with Crippen molar-refractivity contribution in [3.05, 3.63) is 34.9 Å². The number of rotatable bonds is 10. The molecule has 0 saturated carbocycles. The second kappa shape index (κ2) is 11.2. The Morgan fingerprint density at radius 2 is 1.62 bits per heavy atom. The molecule has 0 nitrogen and oxygen atoms in total. The Kier molecular flexibility index (Phi) is 9.31. The van der Waals surface area contributed by atoms with Crippen molar-refractivity contribution < 1.29 is 8.78 Å². The highest BCUT2D eigenvalue weighted by atomic mass is 28.3. The van der Waals surface area contributed by atoms with Crippen LogP contribution in [0.5, 0.6) is 0 Å². The predicted octanol–water partition coefficient (Wildman–Crippen LogP) is 7.63. The molecule has 3 heteroatoms. The second-order valence-corrected chi connectivity index (χ2v) is 12.1. The molecule has 1 aromatic carbocycles. The first kappa shape index (κ1) is 21.6. The third-order valence-corrected chi connectivity index (χ3v) is 9.97. The lowest BCUT2D eigenvalue weighted by molar-refractivity contribution is 0.492. The Morgan fingerprint density at radius 3 is 2.19 bits per heavy atom. The van der Waals surface area contributed by atoms with E-state index in [1.807, 2.05) is 0 Å². The van der Waals surface area contributed by atoms with Crippen LogP contribution in [-0.4, -0.2) is 8.80 Å². The van der Waals surface area contributed by atoms with Gasteiger partial charge in [0, 0.05) is 14.4 Å². The molecule has 1 atom stereocenters. The molecule has 1 aliphatic heterocycles. The molecule has 1 heterocycles. The lowest BCUT2D eigenvalue weighted by Gasteiger charge is -2.28. The molecule has 1 aliphatic rings. The summed E-state index contributed by atoms with van der Waals surface area (Å²) in [5.74, 6) is 0.0512. The van der Waals surface area contributed by atoms with Crippen molar-refractivity contribution >= 4 is 8.80 Å². The summed E-state index contributed by atoms with van der Waals surface area (Å²) in [6.07, 6.45) is 10.6. The Balaban J connectivity index is 1.85. The van der Waals surface area contributed by atoms with Gasteiger partial charge in [-0.2, -0.15) is 0 Å². The summed E-state index contributed by atoms with van der Waals surface area (Å²) in [7, 11) is -0.586. The fourth-order valence-corrected chi connectivity index (χ4v) is 7.85. The number of hydrogen-bond acceptors (Lipinski definition) is 0. The molecule has 0 amide bonds. The highest BCUT2D eigenvalue weighted by Crippen LogP contribution is 2.36. The average Bonchev–Trinajstić information content (AvgIpc) is 2.64. The van der Waals surface area contributed by atoms with Crippen molar-refractivity contribution in [2.24, 2.45) is 5.92 Å². The zero-order valence-electron chi connectivity index (χ0n) is 17.1. The van der Waals surface area contributed by atoms with E-state index in [0.29, 0.717) is 23.8 Å². The summed E-state index contributed by atoms with van der Waals surface area (Å²) in [5, 5.41) is 0. The van der Waals surface area contributed by atoms with E-state index in [2.05, 4.69) is 20.8 Å². The molecule has 0 spiro atoms. The smallest absolute Gasteiger partial charge is 0.129 e. The molecule has 1 fully saturated rings. The number of halogens is 2. The third-order valence-electron chi connectivity index (χ3n) is 6.45. The highest BCUT2D eigenvalue weighted by molar-refractivity contribution is 6.59. The van der Waals surface area contributed by atoms with Gasteiger partial charge in [-0.15, -0.1) is 0 Å². The molecule has 0 aromatic heterocycles. The summed E-state index contributed by atoms with van der Waals surface area (Å²) in [6, 6.07) is 7.47. The maximum absolute atomic E-state index is 14.5. The summed E-state index contributed by atoms with van der Waals surface area (Å²) in [4.78, 5) is 0. The van der Waals surface area contributed by atoms with E-state index in [4.69, 9.17) is 0 Å². The zero-order valence-corrected chi connectivity index (χ0v) is 18.3. The van der Waals surface area contributed by atoms with Gasteiger partial charge < -0.3 is 0 Å². The van der Waals surface area contributed by atoms with Crippen LogP contribution in [0.15, 0.2) is 12.1 Å². The fourth-order valence-electron chi connectivity index (χ4n) is 4.37. The van der Waals surface area contributed by atoms with Gasteiger partial charge in [0.1, 0.15) is 11.6 Å². The lowest BCUT2D eigenvalue weighted by Crippen LogP contribution is -2.20. The number of benzene rings is 1. The van der Waals surface area contributed by atoms with Gasteiger partial charge in [0.25, 0.3) is 0 Å². The summed E-state index contributed by atoms with van der Waals surface area (Å²) < 4.78 is 29.0. The van der Waals surface area contributed by atoms with Crippen LogP contribution in [0.25, 0.3) is 0 Å². The van der Waals surface area contributed by atoms with Crippen LogP contribution in [0, 0.1) is 17.6 Å². The van der Waals surface area contributed by atoms with Gasteiger partial charge in [-0.1, -0.05) is 77.4 Å². The van der Waals surface area contributed by atoms with Crippen LogP contribution in [-0.2, 0) is 6.42 Å². The minimum absolute atomic E-state index is 0.290. The zero-order chi connectivity index (χ0) is 18.9. The average molecular weight is 381 g/mol. The van der Waals surface area contributed by atoms with E-state index >= 15 is 0 Å². The van der Waals surface area contributed by atoms with E-state index in [1.165, 1.54) is 50.2 Å². The minimum Gasteiger partial charge on any atom is -0.207 e. The van der Waals surface area contributed by atoms with Crippen molar-refractivity contribution in [1.29, 1.82) is 0 Å². The normalized spacial score (nSPS) is 21.7. The van der Waals surface area contributed by atoms with Crippen molar-refractivity contribution in [3.63, 3.8) is 0 Å². The molecule has 0 unspecified atom stereocenters. The Morgan fingerprint density at radius 1 is 1.00 bits per heavy atom.